The van der Waals surface area contributed by atoms with Gasteiger partial charge < -0.3 is 29.3 Å². The van der Waals surface area contributed by atoms with Gasteiger partial charge in [0.15, 0.2) is 12.3 Å². The summed E-state index contributed by atoms with van der Waals surface area (Å²) in [6.45, 7) is 6.89. The van der Waals surface area contributed by atoms with Gasteiger partial charge in [-0.2, -0.15) is 0 Å². The van der Waals surface area contributed by atoms with E-state index in [4.69, 9.17) is 18.9 Å². The smallest absolute Gasteiger partial charge is 0.221 e. The fraction of sp³-hybridized carbons (Fsp3) is 0.786. The van der Waals surface area contributed by atoms with E-state index < -0.39 is 29.9 Å². The molecule has 7 nitrogen and oxygen atoms in total. The van der Waals surface area contributed by atoms with Gasteiger partial charge in [0.1, 0.15) is 13.2 Å². The predicted octanol–water partition coefficient (Wildman–Crippen LogP) is 0.643. The standard InChI is InChI=1S/C14H25NO6/c1-7-8-10(16)12-11(9-15(4)17)20-13(2,18-5)14(3,19-6)21-12/h7,9-12,16H,1,8H2,2-6H3/b15-9-/t10-,11+,12+,13-,14-/m0/s1. The van der Waals surface area contributed by atoms with Crippen molar-refractivity contribution >= 4 is 6.21 Å². The Kier molecular flexibility index (Phi) is 5.89. The maximum atomic E-state index is 11.3. The lowest BCUT2D eigenvalue weighted by Gasteiger charge is -2.51. The zero-order chi connectivity index (χ0) is 16.3. The van der Waals surface area contributed by atoms with Crippen LogP contribution in [0.5, 0.6) is 0 Å². The molecule has 0 aromatic rings. The van der Waals surface area contributed by atoms with Crippen LogP contribution >= 0.6 is 0 Å². The monoisotopic (exact) mass is 303 g/mol. The van der Waals surface area contributed by atoms with Gasteiger partial charge in [0.2, 0.25) is 11.6 Å². The average molecular weight is 303 g/mol. The Labute approximate surface area is 125 Å². The van der Waals surface area contributed by atoms with Gasteiger partial charge in [0.05, 0.1) is 6.10 Å². The van der Waals surface area contributed by atoms with Crippen LogP contribution in [0.1, 0.15) is 20.3 Å². The van der Waals surface area contributed by atoms with Gasteiger partial charge in [-0.05, 0) is 20.3 Å². The van der Waals surface area contributed by atoms with Crippen LogP contribution in [-0.4, -0.2) is 67.2 Å². The Bertz CT molecular complexity index is 397. The molecule has 1 rings (SSSR count). The molecule has 1 aliphatic heterocycles. The Morgan fingerprint density at radius 2 is 1.86 bits per heavy atom. The Hall–Kier alpha value is -0.990. The largest absolute Gasteiger partial charge is 0.624 e. The number of ether oxygens (including phenoxy) is 4. The molecule has 7 heteroatoms. The van der Waals surface area contributed by atoms with Gasteiger partial charge in [0, 0.05) is 14.2 Å². The van der Waals surface area contributed by atoms with Crippen LogP contribution in [0.4, 0.5) is 0 Å². The van der Waals surface area contributed by atoms with Crippen LogP contribution in [0.25, 0.3) is 0 Å². The maximum Gasteiger partial charge on any atom is 0.221 e. The number of hydroxylamine groups is 1. The van der Waals surface area contributed by atoms with Crippen molar-refractivity contribution in [3.63, 3.8) is 0 Å². The lowest BCUT2D eigenvalue weighted by molar-refractivity contribution is -0.459. The van der Waals surface area contributed by atoms with Gasteiger partial charge in [-0.3, -0.25) is 0 Å². The number of aliphatic hydroxyl groups is 1. The van der Waals surface area contributed by atoms with E-state index in [1.165, 1.54) is 27.5 Å². The van der Waals surface area contributed by atoms with E-state index in [0.29, 0.717) is 11.2 Å². The number of aliphatic hydroxyl groups excluding tert-OH is 1. The Morgan fingerprint density at radius 1 is 1.33 bits per heavy atom. The summed E-state index contributed by atoms with van der Waals surface area (Å²) in [6.07, 6.45) is 0.691. The first-order valence-corrected chi connectivity index (χ1v) is 6.73. The lowest BCUT2D eigenvalue weighted by Crippen LogP contribution is -2.67. The second-order valence-electron chi connectivity index (χ2n) is 5.25. The van der Waals surface area contributed by atoms with E-state index in [0.717, 1.165) is 0 Å². The summed E-state index contributed by atoms with van der Waals surface area (Å²) < 4.78 is 23.1. The highest BCUT2D eigenvalue weighted by atomic mass is 16.8. The molecule has 122 valence electrons. The normalized spacial score (nSPS) is 39.0. The molecular weight excluding hydrogens is 278 g/mol. The van der Waals surface area contributed by atoms with Gasteiger partial charge in [0.25, 0.3) is 0 Å². The first kappa shape index (κ1) is 18.1. The van der Waals surface area contributed by atoms with Gasteiger partial charge in [-0.25, -0.2) is 4.74 Å². The van der Waals surface area contributed by atoms with E-state index in [-0.39, 0.29) is 0 Å². The molecule has 0 spiro atoms. The molecule has 0 aliphatic carbocycles. The van der Waals surface area contributed by atoms with E-state index in [2.05, 4.69) is 6.58 Å². The SMILES string of the molecule is C=CC[C@H](O)[C@H]1O[C@](C)(OC)[C@@](C)(OC)O[C@@H]1/C=[N+](/C)[O-]. The summed E-state index contributed by atoms with van der Waals surface area (Å²) >= 11 is 0. The fourth-order valence-corrected chi connectivity index (χ4v) is 2.26. The van der Waals surface area contributed by atoms with Crippen molar-refractivity contribution in [2.75, 3.05) is 21.3 Å². The second kappa shape index (κ2) is 6.85. The molecule has 1 aliphatic rings. The average Bonchev–Trinajstić information content (AvgIpc) is 2.42. The van der Waals surface area contributed by atoms with Crippen LogP contribution in [0.15, 0.2) is 12.7 Å². The van der Waals surface area contributed by atoms with Crippen molar-refractivity contribution in [3.05, 3.63) is 17.9 Å². The Balaban J connectivity index is 3.16. The molecular formula is C14H25NO6. The first-order chi connectivity index (χ1) is 9.73. The van der Waals surface area contributed by atoms with Crippen molar-refractivity contribution in [2.24, 2.45) is 0 Å². The van der Waals surface area contributed by atoms with Gasteiger partial charge >= 0.3 is 0 Å². The van der Waals surface area contributed by atoms with Crippen molar-refractivity contribution in [1.29, 1.82) is 0 Å². The number of rotatable bonds is 6. The summed E-state index contributed by atoms with van der Waals surface area (Å²) in [4.78, 5) is 0. The summed E-state index contributed by atoms with van der Waals surface area (Å²) in [7, 11) is 4.25. The molecule has 0 amide bonds. The predicted molar refractivity (Wildman–Crippen MR) is 77.0 cm³/mol. The summed E-state index contributed by atoms with van der Waals surface area (Å²) in [5, 5.41) is 21.5. The first-order valence-electron chi connectivity index (χ1n) is 6.73. The summed E-state index contributed by atoms with van der Waals surface area (Å²) in [5.41, 5.74) is 0. The third-order valence-corrected chi connectivity index (χ3v) is 3.79. The number of methoxy groups -OCH3 is 2. The molecule has 0 bridgehead atoms. The molecule has 0 radical (unpaired) electrons. The topological polar surface area (TPSA) is 83.2 Å². The van der Waals surface area contributed by atoms with Crippen molar-refractivity contribution in [2.45, 2.75) is 50.2 Å². The zero-order valence-electron chi connectivity index (χ0n) is 13.2. The Morgan fingerprint density at radius 3 is 2.29 bits per heavy atom. The molecule has 0 aromatic heterocycles. The zero-order valence-corrected chi connectivity index (χ0v) is 13.2. The van der Waals surface area contributed by atoms with Crippen molar-refractivity contribution < 1.29 is 28.8 Å². The lowest BCUT2D eigenvalue weighted by atomic mass is 9.99. The molecule has 1 fully saturated rings. The molecule has 1 heterocycles. The van der Waals surface area contributed by atoms with Crippen molar-refractivity contribution in [1.82, 2.24) is 0 Å². The quantitative estimate of drug-likeness (QED) is 0.255. The van der Waals surface area contributed by atoms with Crippen LogP contribution in [-0.2, 0) is 18.9 Å². The van der Waals surface area contributed by atoms with Crippen LogP contribution < -0.4 is 0 Å². The molecule has 5 atom stereocenters. The van der Waals surface area contributed by atoms with Crippen molar-refractivity contribution in [3.8, 4) is 0 Å². The minimum absolute atomic E-state index is 0.296. The minimum atomic E-state index is -1.24. The van der Waals surface area contributed by atoms with Crippen LogP contribution in [0.2, 0.25) is 0 Å². The third-order valence-electron chi connectivity index (χ3n) is 3.79. The highest BCUT2D eigenvalue weighted by Crippen LogP contribution is 2.39. The van der Waals surface area contributed by atoms with E-state index >= 15 is 0 Å². The number of nitrogens with zero attached hydrogens (tertiary/aromatic N) is 1. The third kappa shape index (κ3) is 3.61. The van der Waals surface area contributed by atoms with E-state index in [1.807, 2.05) is 0 Å². The highest BCUT2D eigenvalue weighted by molar-refractivity contribution is 5.59. The van der Waals surface area contributed by atoms with E-state index in [1.54, 1.807) is 19.9 Å². The molecule has 0 saturated carbocycles. The van der Waals surface area contributed by atoms with Crippen LogP contribution in [0, 0.1) is 5.21 Å². The minimum Gasteiger partial charge on any atom is -0.624 e. The van der Waals surface area contributed by atoms with Gasteiger partial charge in [-0.15, -0.1) is 6.58 Å². The summed E-state index contributed by atoms with van der Waals surface area (Å²) in [6, 6.07) is 0. The van der Waals surface area contributed by atoms with Crippen LogP contribution in [0.3, 0.4) is 0 Å². The highest BCUT2D eigenvalue weighted by Gasteiger charge is 2.58. The maximum absolute atomic E-state index is 11.3. The number of hydrogen-bond acceptors (Lipinski definition) is 6. The molecule has 1 N–H and O–H groups in total. The molecule has 0 aromatic carbocycles. The molecule has 0 unspecified atom stereocenters. The molecule has 1 saturated heterocycles. The van der Waals surface area contributed by atoms with E-state index in [9.17, 15) is 10.3 Å². The van der Waals surface area contributed by atoms with Gasteiger partial charge in [-0.1, -0.05) is 6.08 Å². The molecule has 21 heavy (non-hydrogen) atoms. The summed E-state index contributed by atoms with van der Waals surface area (Å²) in [5.74, 6) is -2.47. The number of hydrogen-bond donors (Lipinski definition) is 1. The fourth-order valence-electron chi connectivity index (χ4n) is 2.26. The second-order valence-corrected chi connectivity index (χ2v) is 5.25.